The fourth-order valence-electron chi connectivity index (χ4n) is 3.60. The van der Waals surface area contributed by atoms with E-state index in [9.17, 15) is 4.39 Å². The number of halogens is 1. The Morgan fingerprint density at radius 3 is 2.67 bits per heavy atom. The van der Waals surface area contributed by atoms with Crippen molar-refractivity contribution in [3.8, 4) is 0 Å². The third-order valence-corrected chi connectivity index (χ3v) is 5.36. The molecule has 1 unspecified atom stereocenters. The lowest BCUT2D eigenvalue weighted by atomic mass is 9.85. The minimum atomic E-state index is -0.127. The van der Waals surface area contributed by atoms with Crippen molar-refractivity contribution in [1.29, 1.82) is 0 Å². The Morgan fingerprint density at radius 1 is 1.29 bits per heavy atom. The summed E-state index contributed by atoms with van der Waals surface area (Å²) in [7, 11) is 0. The SMILES string of the molecule is Cc1ccc(F)cc1CN1CC(C)(C)NCC1(C)C1CC1. The van der Waals surface area contributed by atoms with E-state index in [0.29, 0.717) is 0 Å². The summed E-state index contributed by atoms with van der Waals surface area (Å²) in [6.07, 6.45) is 2.66. The van der Waals surface area contributed by atoms with Crippen LogP contribution in [0, 0.1) is 18.7 Å². The van der Waals surface area contributed by atoms with Gasteiger partial charge in [0, 0.05) is 30.7 Å². The molecule has 2 fully saturated rings. The summed E-state index contributed by atoms with van der Waals surface area (Å²) in [5.41, 5.74) is 2.63. The summed E-state index contributed by atoms with van der Waals surface area (Å²) in [6, 6.07) is 5.16. The van der Waals surface area contributed by atoms with Gasteiger partial charge in [-0.25, -0.2) is 4.39 Å². The highest BCUT2D eigenvalue weighted by Gasteiger charge is 2.49. The lowest BCUT2D eigenvalue weighted by molar-refractivity contribution is 0.00502. The highest BCUT2D eigenvalue weighted by Crippen LogP contribution is 2.45. The number of aryl methyl sites for hydroxylation is 1. The van der Waals surface area contributed by atoms with Gasteiger partial charge in [-0.15, -0.1) is 0 Å². The molecule has 1 N–H and O–H groups in total. The summed E-state index contributed by atoms with van der Waals surface area (Å²) >= 11 is 0. The summed E-state index contributed by atoms with van der Waals surface area (Å²) in [6.45, 7) is 11.9. The third-order valence-electron chi connectivity index (χ3n) is 5.36. The molecule has 1 aliphatic heterocycles. The average Bonchev–Trinajstić information content (AvgIpc) is 3.23. The van der Waals surface area contributed by atoms with E-state index in [4.69, 9.17) is 0 Å². The van der Waals surface area contributed by atoms with Crippen molar-refractivity contribution >= 4 is 0 Å². The molecule has 1 aliphatic carbocycles. The maximum Gasteiger partial charge on any atom is 0.123 e. The molecule has 0 amide bonds. The zero-order valence-electron chi connectivity index (χ0n) is 13.7. The van der Waals surface area contributed by atoms with Crippen molar-refractivity contribution in [3.05, 3.63) is 35.1 Å². The van der Waals surface area contributed by atoms with Gasteiger partial charge in [0.1, 0.15) is 5.82 Å². The monoisotopic (exact) mass is 290 g/mol. The van der Waals surface area contributed by atoms with Gasteiger partial charge in [0.15, 0.2) is 0 Å². The highest BCUT2D eigenvalue weighted by molar-refractivity contribution is 5.27. The topological polar surface area (TPSA) is 15.3 Å². The number of hydrogen-bond acceptors (Lipinski definition) is 2. The Morgan fingerprint density at radius 2 is 2.00 bits per heavy atom. The molecule has 1 heterocycles. The fourth-order valence-corrected chi connectivity index (χ4v) is 3.60. The second-order valence-electron chi connectivity index (χ2n) is 7.80. The van der Waals surface area contributed by atoms with Gasteiger partial charge in [-0.05, 0) is 69.7 Å². The zero-order valence-corrected chi connectivity index (χ0v) is 13.7. The number of nitrogens with one attached hydrogen (secondary N) is 1. The van der Waals surface area contributed by atoms with Gasteiger partial charge in [-0.2, -0.15) is 0 Å². The summed E-state index contributed by atoms with van der Waals surface area (Å²) in [5, 5.41) is 3.70. The van der Waals surface area contributed by atoms with Crippen LogP contribution in [0.3, 0.4) is 0 Å². The molecule has 3 rings (SSSR count). The molecule has 0 spiro atoms. The van der Waals surface area contributed by atoms with Crippen LogP contribution < -0.4 is 5.32 Å². The molecule has 0 radical (unpaired) electrons. The van der Waals surface area contributed by atoms with Crippen molar-refractivity contribution in [1.82, 2.24) is 10.2 Å². The van der Waals surface area contributed by atoms with Gasteiger partial charge in [-0.1, -0.05) is 6.07 Å². The molecule has 1 saturated heterocycles. The maximum atomic E-state index is 13.6. The molecule has 1 aromatic rings. The fraction of sp³-hybridized carbons (Fsp3) is 0.667. The first-order chi connectivity index (χ1) is 9.80. The summed E-state index contributed by atoms with van der Waals surface area (Å²) in [4.78, 5) is 2.59. The minimum absolute atomic E-state index is 0.121. The molecular weight excluding hydrogens is 263 g/mol. The first-order valence-corrected chi connectivity index (χ1v) is 8.05. The number of rotatable bonds is 3. The molecule has 2 aliphatic rings. The number of benzene rings is 1. The van der Waals surface area contributed by atoms with E-state index in [-0.39, 0.29) is 16.9 Å². The molecular formula is C18H27FN2. The smallest absolute Gasteiger partial charge is 0.123 e. The van der Waals surface area contributed by atoms with Crippen molar-refractivity contribution in [3.63, 3.8) is 0 Å². The van der Waals surface area contributed by atoms with E-state index in [0.717, 1.165) is 31.1 Å². The van der Waals surface area contributed by atoms with Gasteiger partial charge in [-0.3, -0.25) is 4.90 Å². The normalized spacial score (nSPS) is 29.6. The van der Waals surface area contributed by atoms with Gasteiger partial charge in [0.2, 0.25) is 0 Å². The van der Waals surface area contributed by atoms with E-state index < -0.39 is 0 Å². The van der Waals surface area contributed by atoms with Crippen molar-refractivity contribution in [2.75, 3.05) is 13.1 Å². The lowest BCUT2D eigenvalue weighted by Crippen LogP contribution is -2.67. The van der Waals surface area contributed by atoms with E-state index in [1.54, 1.807) is 12.1 Å². The maximum absolute atomic E-state index is 13.6. The molecule has 1 aromatic carbocycles. The predicted octanol–water partition coefficient (Wildman–Crippen LogP) is 3.49. The van der Waals surface area contributed by atoms with Crippen LogP contribution >= 0.6 is 0 Å². The second kappa shape index (κ2) is 5.06. The first kappa shape index (κ1) is 15.0. The van der Waals surface area contributed by atoms with Crippen molar-refractivity contribution < 1.29 is 4.39 Å². The molecule has 3 heteroatoms. The second-order valence-corrected chi connectivity index (χ2v) is 7.80. The minimum Gasteiger partial charge on any atom is -0.309 e. The van der Waals surface area contributed by atoms with Crippen molar-refractivity contribution in [2.45, 2.75) is 58.2 Å². The van der Waals surface area contributed by atoms with E-state index in [2.05, 4.69) is 37.9 Å². The average molecular weight is 290 g/mol. The van der Waals surface area contributed by atoms with Crippen molar-refractivity contribution in [2.24, 2.45) is 5.92 Å². The highest BCUT2D eigenvalue weighted by atomic mass is 19.1. The molecule has 21 heavy (non-hydrogen) atoms. The van der Waals surface area contributed by atoms with Crippen LogP contribution in [-0.4, -0.2) is 29.1 Å². The van der Waals surface area contributed by atoms with Gasteiger partial charge in [0.25, 0.3) is 0 Å². The van der Waals surface area contributed by atoms with E-state index in [1.165, 1.54) is 18.4 Å². The quantitative estimate of drug-likeness (QED) is 0.917. The Labute approximate surface area is 127 Å². The van der Waals surface area contributed by atoms with Gasteiger partial charge < -0.3 is 5.32 Å². The Balaban J connectivity index is 1.87. The third kappa shape index (κ3) is 3.00. The zero-order chi connectivity index (χ0) is 15.3. The molecule has 2 nitrogen and oxygen atoms in total. The van der Waals surface area contributed by atoms with E-state index >= 15 is 0 Å². The molecule has 116 valence electrons. The molecule has 0 aromatic heterocycles. The largest absolute Gasteiger partial charge is 0.309 e. The molecule has 0 bridgehead atoms. The standard InChI is InChI=1S/C18H27FN2/c1-13-5-8-16(19)9-14(13)10-21-12-17(2,3)20-11-18(21,4)15-6-7-15/h5,8-9,15,20H,6-7,10-12H2,1-4H3. The van der Waals surface area contributed by atoms with Crippen LogP contribution in [0.2, 0.25) is 0 Å². The Hall–Kier alpha value is -0.930. The van der Waals surface area contributed by atoms with Crippen LogP contribution in [0.5, 0.6) is 0 Å². The van der Waals surface area contributed by atoms with Crippen LogP contribution in [0.15, 0.2) is 18.2 Å². The lowest BCUT2D eigenvalue weighted by Gasteiger charge is -2.52. The van der Waals surface area contributed by atoms with Gasteiger partial charge >= 0.3 is 0 Å². The van der Waals surface area contributed by atoms with Gasteiger partial charge in [0.05, 0.1) is 0 Å². The Bertz CT molecular complexity index is 536. The Kier molecular flexibility index (Phi) is 3.61. The van der Waals surface area contributed by atoms with Crippen LogP contribution in [0.4, 0.5) is 4.39 Å². The first-order valence-electron chi connectivity index (χ1n) is 8.05. The molecule has 1 saturated carbocycles. The van der Waals surface area contributed by atoms with Crippen LogP contribution in [0.25, 0.3) is 0 Å². The number of hydrogen-bond donors (Lipinski definition) is 1. The van der Waals surface area contributed by atoms with Crippen LogP contribution in [-0.2, 0) is 6.54 Å². The number of piperazine rings is 1. The number of nitrogens with zero attached hydrogens (tertiary/aromatic N) is 1. The summed E-state index contributed by atoms with van der Waals surface area (Å²) in [5.74, 6) is 0.660. The summed E-state index contributed by atoms with van der Waals surface area (Å²) < 4.78 is 13.6. The van der Waals surface area contributed by atoms with Crippen LogP contribution in [0.1, 0.15) is 44.7 Å². The predicted molar refractivity (Wildman–Crippen MR) is 84.8 cm³/mol. The van der Waals surface area contributed by atoms with E-state index in [1.807, 2.05) is 6.07 Å². The molecule has 1 atom stereocenters.